The van der Waals surface area contributed by atoms with Crippen molar-refractivity contribution in [3.8, 4) is 0 Å². The summed E-state index contributed by atoms with van der Waals surface area (Å²) in [5.74, 6) is 0.151. The molecule has 1 fully saturated rings. The fourth-order valence-corrected chi connectivity index (χ4v) is 1.79. The molecule has 0 radical (unpaired) electrons. The van der Waals surface area contributed by atoms with Gasteiger partial charge in [0.05, 0.1) is 11.7 Å². The molecule has 0 aromatic carbocycles. The molecular formula is C8H16N2O3S. The second-order valence-corrected chi connectivity index (χ2v) is 5.86. The number of nitrogens with one attached hydrogen (secondary N) is 2. The first-order valence-corrected chi connectivity index (χ1v) is 6.56. The monoisotopic (exact) mass is 220 g/mol. The number of amides is 1. The Labute approximate surface area is 84.2 Å². The molecule has 0 spiro atoms. The molecular weight excluding hydrogens is 204 g/mol. The summed E-state index contributed by atoms with van der Waals surface area (Å²) >= 11 is 0. The summed E-state index contributed by atoms with van der Waals surface area (Å²) in [5, 5.41) is 5.60. The van der Waals surface area contributed by atoms with Crippen molar-refractivity contribution in [3.05, 3.63) is 0 Å². The van der Waals surface area contributed by atoms with Gasteiger partial charge in [0, 0.05) is 25.4 Å². The maximum absolute atomic E-state index is 11.3. The lowest BCUT2D eigenvalue weighted by Crippen LogP contribution is -2.51. The van der Waals surface area contributed by atoms with E-state index in [0.29, 0.717) is 13.1 Å². The number of rotatable bonds is 5. The van der Waals surface area contributed by atoms with Crippen LogP contribution in [0.3, 0.4) is 0 Å². The van der Waals surface area contributed by atoms with E-state index in [0.717, 1.165) is 0 Å². The van der Waals surface area contributed by atoms with E-state index in [1.54, 1.807) is 6.92 Å². The lowest BCUT2D eigenvalue weighted by atomic mass is 10.0. The van der Waals surface area contributed by atoms with Crippen LogP contribution < -0.4 is 10.6 Å². The van der Waals surface area contributed by atoms with E-state index in [-0.39, 0.29) is 29.9 Å². The summed E-state index contributed by atoms with van der Waals surface area (Å²) < 4.78 is 22.1. The minimum Gasteiger partial charge on any atom is -0.355 e. The minimum atomic E-state index is -2.96. The van der Waals surface area contributed by atoms with Crippen LogP contribution in [0, 0.1) is 5.92 Å². The van der Waals surface area contributed by atoms with E-state index < -0.39 is 9.84 Å². The van der Waals surface area contributed by atoms with Crippen LogP contribution in [0.5, 0.6) is 0 Å². The first-order chi connectivity index (χ1) is 6.55. The first-order valence-electron chi connectivity index (χ1n) is 4.74. The molecule has 0 saturated carbocycles. The SMILES string of the molecule is CCS(=O)(=O)CCNC(=O)C1CNC1. The average Bonchev–Trinajstić information content (AvgIpc) is 2.01. The lowest BCUT2D eigenvalue weighted by Gasteiger charge is -2.25. The van der Waals surface area contributed by atoms with Gasteiger partial charge < -0.3 is 10.6 Å². The standard InChI is InChI=1S/C8H16N2O3S/c1-2-14(12,13)4-3-10-8(11)7-5-9-6-7/h7,9H,2-6H2,1H3,(H,10,11). The average molecular weight is 220 g/mol. The van der Waals surface area contributed by atoms with E-state index in [1.165, 1.54) is 0 Å². The summed E-state index contributed by atoms with van der Waals surface area (Å²) in [7, 11) is -2.96. The Kier molecular flexibility index (Phi) is 3.88. The third-order valence-corrected chi connectivity index (χ3v) is 4.01. The summed E-state index contributed by atoms with van der Waals surface area (Å²) in [5.41, 5.74) is 0. The molecule has 14 heavy (non-hydrogen) atoms. The Hall–Kier alpha value is -0.620. The predicted octanol–water partition coefficient (Wildman–Crippen LogP) is -1.24. The molecule has 1 aliphatic rings. The molecule has 5 nitrogen and oxygen atoms in total. The van der Waals surface area contributed by atoms with Crippen molar-refractivity contribution >= 4 is 15.7 Å². The van der Waals surface area contributed by atoms with Crippen molar-refractivity contribution in [1.82, 2.24) is 10.6 Å². The molecule has 1 rings (SSSR count). The van der Waals surface area contributed by atoms with Crippen LogP contribution in [-0.2, 0) is 14.6 Å². The second kappa shape index (κ2) is 4.75. The highest BCUT2D eigenvalue weighted by Gasteiger charge is 2.24. The van der Waals surface area contributed by atoms with Gasteiger partial charge in [-0.3, -0.25) is 4.79 Å². The fraction of sp³-hybridized carbons (Fsp3) is 0.875. The molecule has 0 aliphatic carbocycles. The smallest absolute Gasteiger partial charge is 0.225 e. The van der Waals surface area contributed by atoms with Gasteiger partial charge in [0.1, 0.15) is 0 Å². The van der Waals surface area contributed by atoms with Gasteiger partial charge in [-0.25, -0.2) is 8.42 Å². The van der Waals surface area contributed by atoms with Crippen LogP contribution >= 0.6 is 0 Å². The zero-order valence-electron chi connectivity index (χ0n) is 8.25. The van der Waals surface area contributed by atoms with Gasteiger partial charge in [-0.05, 0) is 0 Å². The molecule has 0 unspecified atom stereocenters. The summed E-state index contributed by atoms with van der Waals surface area (Å²) in [6, 6.07) is 0. The van der Waals surface area contributed by atoms with Gasteiger partial charge in [-0.15, -0.1) is 0 Å². The van der Waals surface area contributed by atoms with E-state index >= 15 is 0 Å². The van der Waals surface area contributed by atoms with Crippen LogP contribution in [0.4, 0.5) is 0 Å². The van der Waals surface area contributed by atoms with Gasteiger partial charge in [0.2, 0.25) is 5.91 Å². The van der Waals surface area contributed by atoms with Crippen molar-refractivity contribution in [2.24, 2.45) is 5.92 Å². The number of sulfone groups is 1. The van der Waals surface area contributed by atoms with Gasteiger partial charge in [-0.1, -0.05) is 6.92 Å². The van der Waals surface area contributed by atoms with Crippen molar-refractivity contribution in [1.29, 1.82) is 0 Å². The topological polar surface area (TPSA) is 75.3 Å². The molecule has 1 aliphatic heterocycles. The van der Waals surface area contributed by atoms with Crippen molar-refractivity contribution in [2.75, 3.05) is 31.1 Å². The molecule has 2 N–H and O–H groups in total. The lowest BCUT2D eigenvalue weighted by molar-refractivity contribution is -0.126. The Morgan fingerprint density at radius 3 is 2.57 bits per heavy atom. The highest BCUT2D eigenvalue weighted by Crippen LogP contribution is 2.01. The third kappa shape index (κ3) is 3.26. The van der Waals surface area contributed by atoms with Crippen LogP contribution in [-0.4, -0.2) is 45.5 Å². The Morgan fingerprint density at radius 2 is 2.14 bits per heavy atom. The van der Waals surface area contributed by atoms with Gasteiger partial charge in [-0.2, -0.15) is 0 Å². The van der Waals surface area contributed by atoms with Crippen molar-refractivity contribution < 1.29 is 13.2 Å². The molecule has 1 amide bonds. The van der Waals surface area contributed by atoms with Crippen molar-refractivity contribution in [3.63, 3.8) is 0 Å². The zero-order chi connectivity index (χ0) is 10.6. The summed E-state index contributed by atoms with van der Waals surface area (Å²) in [6.07, 6.45) is 0. The van der Waals surface area contributed by atoms with E-state index in [9.17, 15) is 13.2 Å². The minimum absolute atomic E-state index is 0.0272. The second-order valence-electron chi connectivity index (χ2n) is 3.38. The fourth-order valence-electron chi connectivity index (χ4n) is 1.09. The highest BCUT2D eigenvalue weighted by atomic mass is 32.2. The van der Waals surface area contributed by atoms with Crippen LogP contribution in [0.15, 0.2) is 0 Å². The Morgan fingerprint density at radius 1 is 1.50 bits per heavy atom. The normalized spacial score (nSPS) is 17.5. The van der Waals surface area contributed by atoms with Crippen LogP contribution in [0.2, 0.25) is 0 Å². The number of carbonyl (C=O) groups is 1. The molecule has 1 saturated heterocycles. The number of hydrogen-bond acceptors (Lipinski definition) is 4. The number of carbonyl (C=O) groups excluding carboxylic acids is 1. The van der Waals surface area contributed by atoms with Crippen LogP contribution in [0.25, 0.3) is 0 Å². The predicted molar refractivity (Wildman–Crippen MR) is 53.7 cm³/mol. The van der Waals surface area contributed by atoms with Gasteiger partial charge in [0.25, 0.3) is 0 Å². The molecule has 0 aromatic heterocycles. The summed E-state index contributed by atoms with van der Waals surface area (Å²) in [4.78, 5) is 11.3. The Bertz CT molecular complexity index is 296. The third-order valence-electron chi connectivity index (χ3n) is 2.30. The van der Waals surface area contributed by atoms with Gasteiger partial charge >= 0.3 is 0 Å². The quantitative estimate of drug-likeness (QED) is 0.607. The molecule has 0 aromatic rings. The van der Waals surface area contributed by atoms with Crippen molar-refractivity contribution in [2.45, 2.75) is 6.92 Å². The molecule has 82 valence electrons. The largest absolute Gasteiger partial charge is 0.355 e. The molecule has 1 heterocycles. The molecule has 0 atom stereocenters. The van der Waals surface area contributed by atoms with Gasteiger partial charge in [0.15, 0.2) is 9.84 Å². The summed E-state index contributed by atoms with van der Waals surface area (Å²) in [6.45, 7) is 3.23. The Balaban J connectivity index is 2.17. The van der Waals surface area contributed by atoms with E-state index in [2.05, 4.69) is 10.6 Å². The maximum atomic E-state index is 11.3. The highest BCUT2D eigenvalue weighted by molar-refractivity contribution is 7.91. The zero-order valence-corrected chi connectivity index (χ0v) is 9.06. The molecule has 6 heteroatoms. The first kappa shape index (κ1) is 11.5. The van der Waals surface area contributed by atoms with E-state index in [1.807, 2.05) is 0 Å². The number of hydrogen-bond donors (Lipinski definition) is 2. The van der Waals surface area contributed by atoms with Crippen LogP contribution in [0.1, 0.15) is 6.92 Å². The molecule has 0 bridgehead atoms. The van der Waals surface area contributed by atoms with E-state index in [4.69, 9.17) is 0 Å². The maximum Gasteiger partial charge on any atom is 0.225 e.